The molecule has 0 radical (unpaired) electrons. The smallest absolute Gasteiger partial charge is 0.328 e. The van der Waals surface area contributed by atoms with E-state index in [1.54, 1.807) is 0 Å². The van der Waals surface area contributed by atoms with E-state index in [4.69, 9.17) is 4.74 Å². The Hall–Kier alpha value is -2.37. The monoisotopic (exact) mass is 444 g/mol. The summed E-state index contributed by atoms with van der Waals surface area (Å²) in [7, 11) is 1.33. The number of hydrogen-bond donors (Lipinski definition) is 1. The van der Waals surface area contributed by atoms with E-state index < -0.39 is 12.0 Å². The van der Waals surface area contributed by atoms with E-state index in [0.717, 1.165) is 44.2 Å². The summed E-state index contributed by atoms with van der Waals surface area (Å²) in [5.41, 5.74) is 0.959. The van der Waals surface area contributed by atoms with Gasteiger partial charge in [0.15, 0.2) is 0 Å². The SMILES string of the molecule is CC[C@H](C)CCCC(=O)N1CCC[C@H]1C[C@@H](C)C(=O)N[C@@H](Cc1ccccc1)C(=O)OC. The number of nitrogens with one attached hydrogen (secondary N) is 1. The van der Waals surface area contributed by atoms with E-state index in [1.807, 2.05) is 42.2 Å². The lowest BCUT2D eigenvalue weighted by Gasteiger charge is -2.27. The molecule has 1 aliphatic rings. The Balaban J connectivity index is 1.90. The van der Waals surface area contributed by atoms with Gasteiger partial charge in [0.05, 0.1) is 7.11 Å². The van der Waals surface area contributed by atoms with Crippen LogP contribution in [-0.4, -0.2) is 48.4 Å². The highest BCUT2D eigenvalue weighted by Gasteiger charge is 2.32. The van der Waals surface area contributed by atoms with Crippen LogP contribution in [0.1, 0.15) is 71.3 Å². The van der Waals surface area contributed by atoms with Gasteiger partial charge >= 0.3 is 5.97 Å². The summed E-state index contributed by atoms with van der Waals surface area (Å²) in [5.74, 6) is -0.0586. The first kappa shape index (κ1) is 25.9. The van der Waals surface area contributed by atoms with E-state index in [2.05, 4.69) is 19.2 Å². The molecule has 6 heteroatoms. The summed E-state index contributed by atoms with van der Waals surface area (Å²) in [5, 5.41) is 2.87. The number of carbonyl (C=O) groups is 3. The van der Waals surface area contributed by atoms with Gasteiger partial charge in [-0.2, -0.15) is 0 Å². The minimum atomic E-state index is -0.723. The first-order valence-corrected chi connectivity index (χ1v) is 12.1. The zero-order chi connectivity index (χ0) is 23.5. The molecule has 0 saturated carbocycles. The lowest BCUT2D eigenvalue weighted by atomic mass is 9.97. The Kier molecular flexibility index (Phi) is 10.7. The highest BCUT2D eigenvalue weighted by molar-refractivity contribution is 5.86. The van der Waals surface area contributed by atoms with Crippen LogP contribution in [0.2, 0.25) is 0 Å². The predicted octanol–water partition coefficient (Wildman–Crippen LogP) is 4.12. The van der Waals surface area contributed by atoms with Crippen LogP contribution in [-0.2, 0) is 25.5 Å². The second kappa shape index (κ2) is 13.2. The Labute approximate surface area is 193 Å². The van der Waals surface area contributed by atoms with E-state index in [1.165, 1.54) is 7.11 Å². The van der Waals surface area contributed by atoms with Crippen molar-refractivity contribution in [1.29, 1.82) is 0 Å². The van der Waals surface area contributed by atoms with Gasteiger partial charge in [0.1, 0.15) is 6.04 Å². The number of ether oxygens (including phenoxy) is 1. The molecule has 0 aliphatic carbocycles. The molecule has 1 N–H and O–H groups in total. The molecule has 1 aromatic carbocycles. The van der Waals surface area contributed by atoms with E-state index >= 15 is 0 Å². The van der Waals surface area contributed by atoms with Crippen LogP contribution < -0.4 is 5.32 Å². The molecule has 2 amide bonds. The van der Waals surface area contributed by atoms with Gasteiger partial charge < -0.3 is 15.0 Å². The van der Waals surface area contributed by atoms with Crippen molar-refractivity contribution in [3.05, 3.63) is 35.9 Å². The van der Waals surface area contributed by atoms with E-state index in [9.17, 15) is 14.4 Å². The maximum Gasteiger partial charge on any atom is 0.328 e. The molecule has 0 bridgehead atoms. The van der Waals surface area contributed by atoms with Gasteiger partial charge in [0, 0.05) is 31.3 Å². The van der Waals surface area contributed by atoms with Gasteiger partial charge in [-0.25, -0.2) is 4.79 Å². The van der Waals surface area contributed by atoms with Crippen LogP contribution >= 0.6 is 0 Å². The molecular weight excluding hydrogens is 404 g/mol. The van der Waals surface area contributed by atoms with Crippen LogP contribution in [0.25, 0.3) is 0 Å². The molecule has 1 aliphatic heterocycles. The summed E-state index contributed by atoms with van der Waals surface area (Å²) in [6.07, 6.45) is 6.64. The minimum absolute atomic E-state index is 0.0950. The van der Waals surface area contributed by atoms with Crippen LogP contribution in [0.5, 0.6) is 0 Å². The van der Waals surface area contributed by atoms with E-state index in [0.29, 0.717) is 25.2 Å². The van der Waals surface area contributed by atoms with Crippen LogP contribution in [0.4, 0.5) is 0 Å². The quantitative estimate of drug-likeness (QED) is 0.492. The van der Waals surface area contributed by atoms with Gasteiger partial charge in [-0.1, -0.05) is 63.9 Å². The molecule has 32 heavy (non-hydrogen) atoms. The predicted molar refractivity (Wildman–Crippen MR) is 126 cm³/mol. The Morgan fingerprint density at radius 1 is 1.19 bits per heavy atom. The summed E-state index contributed by atoms with van der Waals surface area (Å²) in [6.45, 7) is 7.05. The van der Waals surface area contributed by atoms with Gasteiger partial charge in [0.25, 0.3) is 0 Å². The summed E-state index contributed by atoms with van der Waals surface area (Å²) >= 11 is 0. The second-order valence-corrected chi connectivity index (χ2v) is 9.20. The zero-order valence-corrected chi connectivity index (χ0v) is 20.1. The number of amides is 2. The fourth-order valence-corrected chi connectivity index (χ4v) is 4.37. The third-order valence-electron chi connectivity index (χ3n) is 6.64. The average Bonchev–Trinajstić information content (AvgIpc) is 3.26. The van der Waals surface area contributed by atoms with Gasteiger partial charge in [-0.15, -0.1) is 0 Å². The largest absolute Gasteiger partial charge is 0.467 e. The van der Waals surface area contributed by atoms with E-state index in [-0.39, 0.29) is 23.8 Å². The Morgan fingerprint density at radius 2 is 1.91 bits per heavy atom. The molecule has 1 heterocycles. The molecule has 0 unspecified atom stereocenters. The molecule has 1 aromatic rings. The zero-order valence-electron chi connectivity index (χ0n) is 20.1. The maximum absolute atomic E-state index is 12.9. The topological polar surface area (TPSA) is 75.7 Å². The highest BCUT2D eigenvalue weighted by atomic mass is 16.5. The van der Waals surface area contributed by atoms with Crippen molar-refractivity contribution < 1.29 is 19.1 Å². The third kappa shape index (κ3) is 7.95. The Bertz CT molecular complexity index is 737. The molecule has 6 nitrogen and oxygen atoms in total. The summed E-state index contributed by atoms with van der Waals surface area (Å²) < 4.78 is 4.90. The minimum Gasteiger partial charge on any atom is -0.467 e. The lowest BCUT2D eigenvalue weighted by Crippen LogP contribution is -2.46. The van der Waals surface area contributed by atoms with Crippen molar-refractivity contribution in [2.24, 2.45) is 11.8 Å². The van der Waals surface area contributed by atoms with Crippen LogP contribution in [0.3, 0.4) is 0 Å². The first-order chi connectivity index (χ1) is 15.3. The molecule has 0 spiro atoms. The number of hydrogen-bond acceptors (Lipinski definition) is 4. The average molecular weight is 445 g/mol. The number of benzene rings is 1. The molecule has 1 fully saturated rings. The van der Waals surface area contributed by atoms with Gasteiger partial charge in [-0.05, 0) is 37.2 Å². The normalized spacial score (nSPS) is 18.6. The first-order valence-electron chi connectivity index (χ1n) is 12.1. The fourth-order valence-electron chi connectivity index (χ4n) is 4.37. The molecule has 4 atom stereocenters. The Morgan fingerprint density at radius 3 is 2.56 bits per heavy atom. The number of likely N-dealkylation sites (tertiary alicyclic amines) is 1. The van der Waals surface area contributed by atoms with Crippen molar-refractivity contribution in [1.82, 2.24) is 10.2 Å². The fraction of sp³-hybridized carbons (Fsp3) is 0.654. The highest BCUT2D eigenvalue weighted by Crippen LogP contribution is 2.25. The number of rotatable bonds is 12. The van der Waals surface area contributed by atoms with Crippen LogP contribution in [0.15, 0.2) is 30.3 Å². The maximum atomic E-state index is 12.9. The molecule has 2 rings (SSSR count). The van der Waals surface area contributed by atoms with Crippen molar-refractivity contribution in [2.75, 3.05) is 13.7 Å². The molecular formula is C26H40N2O4. The van der Waals surface area contributed by atoms with Gasteiger partial charge in [-0.3, -0.25) is 9.59 Å². The third-order valence-corrected chi connectivity index (χ3v) is 6.64. The number of nitrogens with zero attached hydrogens (tertiary/aromatic N) is 1. The van der Waals surface area contributed by atoms with Crippen molar-refractivity contribution in [3.8, 4) is 0 Å². The van der Waals surface area contributed by atoms with Crippen molar-refractivity contribution in [2.45, 2.75) is 84.2 Å². The molecule has 0 aromatic heterocycles. The number of esters is 1. The molecule has 1 saturated heterocycles. The number of methoxy groups -OCH3 is 1. The second-order valence-electron chi connectivity index (χ2n) is 9.20. The molecule has 178 valence electrons. The van der Waals surface area contributed by atoms with Crippen molar-refractivity contribution >= 4 is 17.8 Å². The lowest BCUT2D eigenvalue weighted by molar-refractivity contribution is -0.145. The number of carbonyl (C=O) groups excluding carboxylic acids is 3. The van der Waals surface area contributed by atoms with Crippen LogP contribution in [0, 0.1) is 11.8 Å². The summed E-state index contributed by atoms with van der Waals surface area (Å²) in [4.78, 5) is 39.9. The van der Waals surface area contributed by atoms with Crippen molar-refractivity contribution in [3.63, 3.8) is 0 Å². The van der Waals surface area contributed by atoms with Gasteiger partial charge in [0.2, 0.25) is 11.8 Å². The summed E-state index contributed by atoms with van der Waals surface area (Å²) in [6, 6.07) is 8.95. The standard InChI is InChI=1S/C26H40N2O4/c1-5-19(2)11-9-15-24(29)28-16-10-14-22(28)17-20(3)25(30)27-23(26(31)32-4)18-21-12-7-6-8-13-21/h6-8,12-13,19-20,22-23H,5,9-11,14-18H2,1-4H3,(H,27,30)/t19-,20+,22-,23-/m0/s1.